The van der Waals surface area contributed by atoms with E-state index in [9.17, 15) is 4.79 Å². The molecule has 1 amide bonds. The van der Waals surface area contributed by atoms with Crippen molar-refractivity contribution in [1.82, 2.24) is 0 Å². The van der Waals surface area contributed by atoms with E-state index in [4.69, 9.17) is 4.74 Å². The van der Waals surface area contributed by atoms with Gasteiger partial charge in [0, 0.05) is 4.90 Å². The first kappa shape index (κ1) is 16.4. The van der Waals surface area contributed by atoms with Gasteiger partial charge in [-0.1, -0.05) is 36.8 Å². The minimum absolute atomic E-state index is 0.121. The van der Waals surface area contributed by atoms with Crippen LogP contribution in [0.15, 0.2) is 53.4 Å². The minimum atomic E-state index is -0.502. The molecule has 1 atom stereocenters. The molecular formula is C18H21NO2S. The molecule has 4 heteroatoms. The Morgan fingerprint density at radius 1 is 1.18 bits per heavy atom. The Hall–Kier alpha value is -1.94. The molecule has 0 fully saturated rings. The summed E-state index contributed by atoms with van der Waals surface area (Å²) in [6, 6.07) is 15.5. The zero-order chi connectivity index (χ0) is 15.9. The van der Waals surface area contributed by atoms with Crippen molar-refractivity contribution in [3.05, 3.63) is 54.1 Å². The minimum Gasteiger partial charge on any atom is -0.481 e. The molecule has 1 N–H and O–H groups in total. The van der Waals surface area contributed by atoms with Gasteiger partial charge in [0.2, 0.25) is 0 Å². The largest absolute Gasteiger partial charge is 0.481 e. The molecule has 3 nitrogen and oxygen atoms in total. The molecule has 0 spiro atoms. The molecule has 2 aromatic carbocycles. The van der Waals surface area contributed by atoms with Gasteiger partial charge in [-0.15, -0.1) is 11.8 Å². The number of nitrogens with one attached hydrogen (secondary N) is 1. The van der Waals surface area contributed by atoms with E-state index < -0.39 is 6.10 Å². The van der Waals surface area contributed by atoms with Gasteiger partial charge in [0.05, 0.1) is 5.69 Å². The highest BCUT2D eigenvalue weighted by Crippen LogP contribution is 2.25. The molecule has 0 aliphatic heterocycles. The first-order chi connectivity index (χ1) is 10.6. The Bertz CT molecular complexity index is 625. The summed E-state index contributed by atoms with van der Waals surface area (Å²) in [6.07, 6.45) is 2.10. The summed E-state index contributed by atoms with van der Waals surface area (Å²) in [5.41, 5.74) is 1.99. The Kier molecular flexibility index (Phi) is 5.90. The van der Waals surface area contributed by atoms with Crippen LogP contribution in [0.5, 0.6) is 5.75 Å². The summed E-state index contributed by atoms with van der Waals surface area (Å²) in [6.45, 7) is 3.96. The van der Waals surface area contributed by atoms with Gasteiger partial charge < -0.3 is 10.1 Å². The van der Waals surface area contributed by atoms with Crippen LogP contribution in [0.3, 0.4) is 0 Å². The first-order valence-corrected chi connectivity index (χ1v) is 8.53. The van der Waals surface area contributed by atoms with Crippen molar-refractivity contribution in [1.29, 1.82) is 0 Å². The molecule has 0 saturated heterocycles. The van der Waals surface area contributed by atoms with Crippen LogP contribution in [-0.2, 0) is 4.79 Å². The predicted molar refractivity (Wildman–Crippen MR) is 92.7 cm³/mol. The maximum Gasteiger partial charge on any atom is 0.265 e. The highest BCUT2D eigenvalue weighted by molar-refractivity contribution is 7.98. The zero-order valence-electron chi connectivity index (χ0n) is 13.1. The normalized spacial score (nSPS) is 11.8. The summed E-state index contributed by atoms with van der Waals surface area (Å²) in [5, 5.41) is 2.96. The van der Waals surface area contributed by atoms with E-state index in [0.29, 0.717) is 12.2 Å². The molecule has 0 heterocycles. The zero-order valence-corrected chi connectivity index (χ0v) is 13.9. The molecule has 0 aromatic heterocycles. The number of thioether (sulfide) groups is 1. The van der Waals surface area contributed by atoms with E-state index in [1.54, 1.807) is 11.8 Å². The maximum absolute atomic E-state index is 12.4. The van der Waals surface area contributed by atoms with Crippen LogP contribution in [0, 0.1) is 6.92 Å². The SMILES string of the molecule is CCC(Oc1ccc(C)cc1)C(=O)Nc1ccccc1SC. The smallest absolute Gasteiger partial charge is 0.265 e. The molecule has 22 heavy (non-hydrogen) atoms. The Morgan fingerprint density at radius 2 is 1.86 bits per heavy atom. The molecular weight excluding hydrogens is 294 g/mol. The average Bonchev–Trinajstić information content (AvgIpc) is 2.54. The molecule has 2 rings (SSSR count). The number of para-hydroxylation sites is 1. The molecule has 0 radical (unpaired) electrons. The number of carbonyl (C=O) groups excluding carboxylic acids is 1. The van der Waals surface area contributed by atoms with Crippen molar-refractivity contribution in [3.8, 4) is 5.75 Å². The lowest BCUT2D eigenvalue weighted by atomic mass is 10.2. The van der Waals surface area contributed by atoms with Gasteiger partial charge in [-0.25, -0.2) is 0 Å². The fourth-order valence-corrected chi connectivity index (χ4v) is 2.62. The third kappa shape index (κ3) is 4.28. The first-order valence-electron chi connectivity index (χ1n) is 7.31. The molecule has 0 aliphatic carbocycles. The monoisotopic (exact) mass is 315 g/mol. The van der Waals surface area contributed by atoms with Gasteiger partial charge in [0.15, 0.2) is 6.10 Å². The number of carbonyl (C=O) groups is 1. The van der Waals surface area contributed by atoms with Gasteiger partial charge in [0.1, 0.15) is 5.75 Å². The lowest BCUT2D eigenvalue weighted by molar-refractivity contribution is -0.122. The number of ether oxygens (including phenoxy) is 1. The van der Waals surface area contributed by atoms with Crippen molar-refractivity contribution in [2.24, 2.45) is 0 Å². The van der Waals surface area contributed by atoms with Crippen LogP contribution < -0.4 is 10.1 Å². The van der Waals surface area contributed by atoms with Crippen LogP contribution in [0.25, 0.3) is 0 Å². The number of rotatable bonds is 6. The van der Waals surface area contributed by atoms with Crippen LogP contribution in [0.2, 0.25) is 0 Å². The van der Waals surface area contributed by atoms with Crippen molar-refractivity contribution < 1.29 is 9.53 Å². The fraction of sp³-hybridized carbons (Fsp3) is 0.278. The molecule has 2 aromatic rings. The molecule has 0 bridgehead atoms. The van der Waals surface area contributed by atoms with Gasteiger partial charge in [-0.2, -0.15) is 0 Å². The van der Waals surface area contributed by atoms with Crippen molar-refractivity contribution >= 4 is 23.4 Å². The predicted octanol–water partition coefficient (Wildman–Crippen LogP) is 4.51. The summed E-state index contributed by atoms with van der Waals surface area (Å²) < 4.78 is 5.81. The number of anilines is 1. The molecule has 0 aliphatic rings. The summed E-state index contributed by atoms with van der Waals surface area (Å²) in [5.74, 6) is 0.593. The molecule has 1 unspecified atom stereocenters. The van der Waals surface area contributed by atoms with Gasteiger partial charge in [-0.05, 0) is 43.9 Å². The van der Waals surface area contributed by atoms with Crippen molar-refractivity contribution in [2.45, 2.75) is 31.3 Å². The number of hydrogen-bond donors (Lipinski definition) is 1. The molecule has 0 saturated carbocycles. The average molecular weight is 315 g/mol. The number of hydrogen-bond acceptors (Lipinski definition) is 3. The van der Waals surface area contributed by atoms with E-state index in [1.807, 2.05) is 68.6 Å². The number of aryl methyl sites for hydroxylation is 1. The van der Waals surface area contributed by atoms with Crippen LogP contribution in [0.1, 0.15) is 18.9 Å². The summed E-state index contributed by atoms with van der Waals surface area (Å²) in [4.78, 5) is 13.5. The second kappa shape index (κ2) is 7.90. The van der Waals surface area contributed by atoms with Crippen LogP contribution >= 0.6 is 11.8 Å². The maximum atomic E-state index is 12.4. The van der Waals surface area contributed by atoms with Crippen molar-refractivity contribution in [3.63, 3.8) is 0 Å². The van der Waals surface area contributed by atoms with E-state index in [2.05, 4.69) is 5.32 Å². The third-order valence-electron chi connectivity index (χ3n) is 3.33. The van der Waals surface area contributed by atoms with E-state index in [1.165, 1.54) is 5.56 Å². The standard InChI is InChI=1S/C18H21NO2S/c1-4-16(21-14-11-9-13(2)10-12-14)18(20)19-15-7-5-6-8-17(15)22-3/h5-12,16H,4H2,1-3H3,(H,19,20). The summed E-state index contributed by atoms with van der Waals surface area (Å²) in [7, 11) is 0. The van der Waals surface area contributed by atoms with E-state index in [-0.39, 0.29) is 5.91 Å². The highest BCUT2D eigenvalue weighted by atomic mass is 32.2. The topological polar surface area (TPSA) is 38.3 Å². The van der Waals surface area contributed by atoms with Gasteiger partial charge >= 0.3 is 0 Å². The number of amides is 1. The lowest BCUT2D eigenvalue weighted by Gasteiger charge is -2.18. The third-order valence-corrected chi connectivity index (χ3v) is 4.12. The van der Waals surface area contributed by atoms with Crippen LogP contribution in [0.4, 0.5) is 5.69 Å². The lowest BCUT2D eigenvalue weighted by Crippen LogP contribution is -2.32. The Balaban J connectivity index is 2.07. The van der Waals surface area contributed by atoms with Gasteiger partial charge in [0.25, 0.3) is 5.91 Å². The van der Waals surface area contributed by atoms with Crippen LogP contribution in [-0.4, -0.2) is 18.3 Å². The highest BCUT2D eigenvalue weighted by Gasteiger charge is 2.19. The quantitative estimate of drug-likeness (QED) is 0.797. The Labute approximate surface area is 136 Å². The Morgan fingerprint density at radius 3 is 2.50 bits per heavy atom. The molecule has 116 valence electrons. The van der Waals surface area contributed by atoms with E-state index >= 15 is 0 Å². The number of benzene rings is 2. The fourth-order valence-electron chi connectivity index (χ4n) is 2.06. The van der Waals surface area contributed by atoms with Gasteiger partial charge in [-0.3, -0.25) is 4.79 Å². The van der Waals surface area contributed by atoms with Crippen molar-refractivity contribution in [2.75, 3.05) is 11.6 Å². The second-order valence-corrected chi connectivity index (χ2v) is 5.87. The second-order valence-electron chi connectivity index (χ2n) is 5.02. The van der Waals surface area contributed by atoms with E-state index in [0.717, 1.165) is 10.6 Å². The summed E-state index contributed by atoms with van der Waals surface area (Å²) >= 11 is 1.61.